The average Bonchev–Trinajstić information content (AvgIpc) is 2.49. The Morgan fingerprint density at radius 2 is 1.95 bits per heavy atom. The molecule has 0 unspecified atom stereocenters. The number of carbonyl (C=O) groups excluding carboxylic acids is 1. The number of hydrogen-bond donors (Lipinski definition) is 1. The van der Waals surface area contributed by atoms with Crippen LogP contribution in [0.5, 0.6) is 0 Å². The maximum Gasteiger partial charge on any atom is 0.307 e. The van der Waals surface area contributed by atoms with Gasteiger partial charge in [0.15, 0.2) is 0 Å². The molecule has 0 atom stereocenters. The van der Waals surface area contributed by atoms with E-state index in [9.17, 15) is 4.79 Å². The Morgan fingerprint density at radius 1 is 1.30 bits per heavy atom. The van der Waals surface area contributed by atoms with Gasteiger partial charge in [0.1, 0.15) is 0 Å². The van der Waals surface area contributed by atoms with Crippen LogP contribution in [0, 0.1) is 0 Å². The second kappa shape index (κ2) is 6.89. The number of ether oxygens (including phenoxy) is 1. The first-order chi connectivity index (χ1) is 9.69. The Kier molecular flexibility index (Phi) is 5.18. The van der Waals surface area contributed by atoms with Crippen molar-refractivity contribution in [2.75, 3.05) is 13.7 Å². The molecule has 110 valence electrons. The molecular formula is C17H25NO2. The quantitative estimate of drug-likeness (QED) is 0.838. The maximum absolute atomic E-state index is 11.6. The molecule has 1 aromatic carbocycles. The standard InChI is InChI=1S/C17H25NO2/c1-3-18-17(13-16(19)20-2)11-9-15(10-12-17)14-7-5-4-6-8-14/h4-8,15,18H,3,9-13H2,1-2H3. The van der Waals surface area contributed by atoms with Gasteiger partial charge < -0.3 is 10.1 Å². The van der Waals surface area contributed by atoms with Crippen molar-refractivity contribution < 1.29 is 9.53 Å². The Balaban J connectivity index is 2.00. The van der Waals surface area contributed by atoms with Crippen LogP contribution in [-0.4, -0.2) is 25.2 Å². The lowest BCUT2D eigenvalue weighted by molar-refractivity contribution is -0.142. The largest absolute Gasteiger partial charge is 0.469 e. The summed E-state index contributed by atoms with van der Waals surface area (Å²) in [6.45, 7) is 3.00. The van der Waals surface area contributed by atoms with Crippen molar-refractivity contribution in [1.29, 1.82) is 0 Å². The molecule has 1 aromatic rings. The highest BCUT2D eigenvalue weighted by Crippen LogP contribution is 2.39. The molecule has 0 saturated heterocycles. The topological polar surface area (TPSA) is 38.3 Å². The van der Waals surface area contributed by atoms with Crippen molar-refractivity contribution in [2.45, 2.75) is 50.5 Å². The van der Waals surface area contributed by atoms with E-state index < -0.39 is 0 Å². The van der Waals surface area contributed by atoms with Crippen molar-refractivity contribution in [3.8, 4) is 0 Å². The van der Waals surface area contributed by atoms with E-state index in [1.54, 1.807) is 0 Å². The van der Waals surface area contributed by atoms with E-state index in [1.165, 1.54) is 12.7 Å². The highest BCUT2D eigenvalue weighted by atomic mass is 16.5. The third-order valence-electron chi connectivity index (χ3n) is 4.48. The zero-order chi connectivity index (χ0) is 14.4. The molecule has 1 aliphatic rings. The predicted octanol–water partition coefficient (Wildman–Crippen LogP) is 3.26. The highest BCUT2D eigenvalue weighted by molar-refractivity contribution is 5.70. The first kappa shape index (κ1) is 15.0. The minimum absolute atomic E-state index is 0.0624. The molecule has 0 aliphatic heterocycles. The molecule has 0 amide bonds. The van der Waals surface area contributed by atoms with Crippen molar-refractivity contribution in [2.24, 2.45) is 0 Å². The number of esters is 1. The van der Waals surface area contributed by atoms with Crippen LogP contribution >= 0.6 is 0 Å². The first-order valence-corrected chi connectivity index (χ1v) is 7.56. The van der Waals surface area contributed by atoms with Crippen LogP contribution in [0.15, 0.2) is 30.3 Å². The first-order valence-electron chi connectivity index (χ1n) is 7.56. The normalized spacial score (nSPS) is 26.2. The van der Waals surface area contributed by atoms with E-state index in [4.69, 9.17) is 4.74 Å². The Hall–Kier alpha value is -1.35. The smallest absolute Gasteiger partial charge is 0.307 e. The number of rotatable bonds is 5. The molecular weight excluding hydrogens is 250 g/mol. The highest BCUT2D eigenvalue weighted by Gasteiger charge is 2.37. The summed E-state index contributed by atoms with van der Waals surface area (Å²) in [5.41, 5.74) is 1.36. The number of benzene rings is 1. The van der Waals surface area contributed by atoms with Gasteiger partial charge in [-0.05, 0) is 43.7 Å². The van der Waals surface area contributed by atoms with E-state index in [-0.39, 0.29) is 11.5 Å². The summed E-state index contributed by atoms with van der Waals surface area (Å²) < 4.78 is 4.86. The van der Waals surface area contributed by atoms with E-state index in [0.717, 1.165) is 32.2 Å². The SMILES string of the molecule is CCNC1(CC(=O)OC)CCC(c2ccccc2)CC1. The zero-order valence-corrected chi connectivity index (χ0v) is 12.5. The molecule has 0 heterocycles. The maximum atomic E-state index is 11.6. The lowest BCUT2D eigenvalue weighted by atomic mass is 9.72. The molecule has 1 saturated carbocycles. The van der Waals surface area contributed by atoms with E-state index >= 15 is 0 Å². The molecule has 0 aromatic heterocycles. The summed E-state index contributed by atoms with van der Waals surface area (Å²) in [5, 5.41) is 3.53. The van der Waals surface area contributed by atoms with Gasteiger partial charge in [-0.2, -0.15) is 0 Å². The monoisotopic (exact) mass is 275 g/mol. The van der Waals surface area contributed by atoms with Gasteiger partial charge in [-0.3, -0.25) is 4.79 Å². The van der Waals surface area contributed by atoms with Gasteiger partial charge in [-0.15, -0.1) is 0 Å². The summed E-state index contributed by atoms with van der Waals surface area (Å²) in [7, 11) is 1.47. The molecule has 1 fully saturated rings. The Bertz CT molecular complexity index is 422. The molecule has 3 nitrogen and oxygen atoms in total. The van der Waals surface area contributed by atoms with Gasteiger partial charge in [0.05, 0.1) is 13.5 Å². The van der Waals surface area contributed by atoms with Gasteiger partial charge >= 0.3 is 5.97 Å². The summed E-state index contributed by atoms with van der Waals surface area (Å²) in [5.74, 6) is 0.518. The van der Waals surface area contributed by atoms with Crippen molar-refractivity contribution in [1.82, 2.24) is 5.32 Å². The minimum Gasteiger partial charge on any atom is -0.469 e. The van der Waals surface area contributed by atoms with Crippen molar-refractivity contribution in [3.63, 3.8) is 0 Å². The fourth-order valence-corrected chi connectivity index (χ4v) is 3.37. The number of carbonyl (C=O) groups is 1. The van der Waals surface area contributed by atoms with E-state index in [0.29, 0.717) is 12.3 Å². The molecule has 2 rings (SSSR count). The summed E-state index contributed by atoms with van der Waals surface area (Å²) >= 11 is 0. The molecule has 1 aliphatic carbocycles. The van der Waals surface area contributed by atoms with Gasteiger partial charge in [-0.25, -0.2) is 0 Å². The number of methoxy groups -OCH3 is 1. The second-order valence-electron chi connectivity index (χ2n) is 5.75. The molecule has 0 spiro atoms. The van der Waals surface area contributed by atoms with Crippen molar-refractivity contribution in [3.05, 3.63) is 35.9 Å². The number of hydrogen-bond acceptors (Lipinski definition) is 3. The fourth-order valence-electron chi connectivity index (χ4n) is 3.37. The Morgan fingerprint density at radius 3 is 2.50 bits per heavy atom. The fraction of sp³-hybridized carbons (Fsp3) is 0.588. The molecule has 3 heteroatoms. The van der Waals surface area contributed by atoms with Gasteiger partial charge in [0, 0.05) is 5.54 Å². The van der Waals surface area contributed by atoms with E-state index in [1.807, 2.05) is 0 Å². The van der Waals surface area contributed by atoms with Crippen LogP contribution in [0.25, 0.3) is 0 Å². The second-order valence-corrected chi connectivity index (χ2v) is 5.75. The van der Waals surface area contributed by atoms with Crippen LogP contribution < -0.4 is 5.32 Å². The van der Waals surface area contributed by atoms with Crippen LogP contribution in [0.4, 0.5) is 0 Å². The lowest BCUT2D eigenvalue weighted by Crippen LogP contribution is -2.49. The van der Waals surface area contributed by atoms with Crippen molar-refractivity contribution >= 4 is 5.97 Å². The van der Waals surface area contributed by atoms with Crippen LogP contribution in [0.1, 0.15) is 50.5 Å². The summed E-state index contributed by atoms with van der Waals surface area (Å²) in [6.07, 6.45) is 4.83. The average molecular weight is 275 g/mol. The molecule has 20 heavy (non-hydrogen) atoms. The lowest BCUT2D eigenvalue weighted by Gasteiger charge is -2.40. The van der Waals surface area contributed by atoms with Crippen LogP contribution in [0.3, 0.4) is 0 Å². The third-order valence-corrected chi connectivity index (χ3v) is 4.48. The molecule has 1 N–H and O–H groups in total. The van der Waals surface area contributed by atoms with Crippen LogP contribution in [-0.2, 0) is 9.53 Å². The molecule has 0 radical (unpaired) electrons. The zero-order valence-electron chi connectivity index (χ0n) is 12.5. The summed E-state index contributed by atoms with van der Waals surface area (Å²) in [6, 6.07) is 10.7. The minimum atomic E-state index is -0.107. The van der Waals surface area contributed by atoms with Gasteiger partial charge in [0.2, 0.25) is 0 Å². The summed E-state index contributed by atoms with van der Waals surface area (Å²) in [4.78, 5) is 11.6. The number of nitrogens with one attached hydrogen (secondary N) is 1. The van der Waals surface area contributed by atoms with Crippen LogP contribution in [0.2, 0.25) is 0 Å². The van der Waals surface area contributed by atoms with E-state index in [2.05, 4.69) is 42.6 Å². The van der Waals surface area contributed by atoms with Gasteiger partial charge in [-0.1, -0.05) is 37.3 Å². The third kappa shape index (κ3) is 3.60. The predicted molar refractivity (Wildman–Crippen MR) is 80.7 cm³/mol. The molecule has 0 bridgehead atoms. The van der Waals surface area contributed by atoms with Gasteiger partial charge in [0.25, 0.3) is 0 Å². The Labute approximate surface area is 121 Å².